The number of hydrogen-bond acceptors (Lipinski definition) is 7. The van der Waals surface area contributed by atoms with Crippen LogP contribution in [0, 0.1) is 17.0 Å². The molecule has 2 aromatic carbocycles. The number of cyclic esters (lactones) is 1. The maximum atomic E-state index is 12.2. The highest BCUT2D eigenvalue weighted by atomic mass is 16.6. The minimum Gasteiger partial charge on any atom is -0.497 e. The first-order valence-corrected chi connectivity index (χ1v) is 8.97. The minimum absolute atomic E-state index is 0.0794. The molecule has 0 aliphatic carbocycles. The van der Waals surface area contributed by atoms with E-state index in [1.165, 1.54) is 19.3 Å². The van der Waals surface area contributed by atoms with Gasteiger partial charge in [0.1, 0.15) is 17.3 Å². The summed E-state index contributed by atoms with van der Waals surface area (Å²) in [5, 5.41) is 11.4. The quantitative estimate of drug-likeness (QED) is 0.268. The van der Waals surface area contributed by atoms with E-state index in [1.54, 1.807) is 24.3 Å². The van der Waals surface area contributed by atoms with Crippen LogP contribution in [-0.4, -0.2) is 23.9 Å². The zero-order chi connectivity index (χ0) is 21.3. The molecule has 1 aliphatic rings. The predicted octanol–water partition coefficient (Wildman–Crippen LogP) is 4.52. The van der Waals surface area contributed by atoms with E-state index in [1.807, 2.05) is 31.2 Å². The van der Waals surface area contributed by atoms with E-state index in [2.05, 4.69) is 4.99 Å². The lowest BCUT2D eigenvalue weighted by Gasteiger charge is -2.03. The van der Waals surface area contributed by atoms with Gasteiger partial charge >= 0.3 is 5.97 Å². The third kappa shape index (κ3) is 3.70. The summed E-state index contributed by atoms with van der Waals surface area (Å²) in [4.78, 5) is 27.3. The highest BCUT2D eigenvalue weighted by Gasteiger charge is 2.25. The lowest BCUT2D eigenvalue weighted by atomic mass is 10.1. The molecule has 1 aliphatic heterocycles. The molecular formula is C22H16N2O6. The number of hydrogen-bond donors (Lipinski definition) is 0. The maximum Gasteiger partial charge on any atom is 0.363 e. The van der Waals surface area contributed by atoms with E-state index in [4.69, 9.17) is 13.9 Å². The molecule has 0 atom stereocenters. The summed E-state index contributed by atoms with van der Waals surface area (Å²) < 4.78 is 16.0. The van der Waals surface area contributed by atoms with Crippen molar-refractivity contribution in [3.63, 3.8) is 0 Å². The Kier molecular flexibility index (Phi) is 4.89. The van der Waals surface area contributed by atoms with E-state index in [9.17, 15) is 14.9 Å². The topological polar surface area (TPSA) is 104 Å². The van der Waals surface area contributed by atoms with E-state index in [0.29, 0.717) is 22.6 Å². The van der Waals surface area contributed by atoms with Crippen molar-refractivity contribution in [2.24, 2.45) is 4.99 Å². The number of rotatable bonds is 5. The standard InChI is InChI=1S/C22H16N2O6/c1-13-3-5-14(6-4-13)21-23-18(22(25)30-21)11-16-8-10-20(29-16)17-9-7-15(28-2)12-19(17)24(26)27/h3-12H,1-2H3. The smallest absolute Gasteiger partial charge is 0.363 e. The maximum absolute atomic E-state index is 12.2. The second kappa shape index (κ2) is 7.67. The van der Waals surface area contributed by atoms with Crippen molar-refractivity contribution >= 4 is 23.6 Å². The first-order chi connectivity index (χ1) is 14.4. The molecule has 8 nitrogen and oxygen atoms in total. The van der Waals surface area contributed by atoms with Crippen LogP contribution in [0.3, 0.4) is 0 Å². The molecule has 0 spiro atoms. The Labute approximate surface area is 171 Å². The summed E-state index contributed by atoms with van der Waals surface area (Å²) in [5.41, 5.74) is 1.99. The Morgan fingerprint density at radius 3 is 2.57 bits per heavy atom. The van der Waals surface area contributed by atoms with Crippen molar-refractivity contribution in [2.45, 2.75) is 6.92 Å². The lowest BCUT2D eigenvalue weighted by molar-refractivity contribution is -0.384. The van der Waals surface area contributed by atoms with Crippen LogP contribution in [0.25, 0.3) is 17.4 Å². The SMILES string of the molecule is COc1ccc(-c2ccc(C=C3N=C(c4ccc(C)cc4)OC3=O)o2)c([N+](=O)[O-])c1. The van der Waals surface area contributed by atoms with Gasteiger partial charge in [0.2, 0.25) is 5.90 Å². The molecule has 0 N–H and O–H groups in total. The molecule has 30 heavy (non-hydrogen) atoms. The molecule has 0 fully saturated rings. The number of ether oxygens (including phenoxy) is 2. The third-order valence-electron chi connectivity index (χ3n) is 4.49. The molecule has 0 saturated carbocycles. The summed E-state index contributed by atoms with van der Waals surface area (Å²) in [6, 6.07) is 15.1. The van der Waals surface area contributed by atoms with Crippen LogP contribution in [0.4, 0.5) is 5.69 Å². The number of methoxy groups -OCH3 is 1. The molecule has 2 heterocycles. The number of nitro groups is 1. The molecule has 0 saturated heterocycles. The Morgan fingerprint density at radius 2 is 1.87 bits per heavy atom. The molecule has 0 bridgehead atoms. The van der Waals surface area contributed by atoms with E-state index >= 15 is 0 Å². The van der Waals surface area contributed by atoms with Crippen LogP contribution in [0.15, 0.2) is 69.7 Å². The third-order valence-corrected chi connectivity index (χ3v) is 4.49. The Morgan fingerprint density at radius 1 is 1.10 bits per heavy atom. The second-order valence-electron chi connectivity index (χ2n) is 6.54. The number of nitrogens with zero attached hydrogens (tertiary/aromatic N) is 2. The average molecular weight is 404 g/mol. The molecule has 0 amide bonds. The minimum atomic E-state index is -0.598. The van der Waals surface area contributed by atoms with Crippen molar-refractivity contribution in [1.29, 1.82) is 0 Å². The fourth-order valence-electron chi connectivity index (χ4n) is 2.94. The van der Waals surface area contributed by atoms with Crippen molar-refractivity contribution in [3.05, 3.63) is 87.3 Å². The predicted molar refractivity (Wildman–Crippen MR) is 109 cm³/mol. The monoisotopic (exact) mass is 404 g/mol. The lowest BCUT2D eigenvalue weighted by Crippen LogP contribution is -2.05. The number of aliphatic imine (C=N–C) groups is 1. The number of nitro benzene ring substituents is 1. The Hall–Kier alpha value is -4.20. The van der Waals surface area contributed by atoms with Gasteiger partial charge in [0.15, 0.2) is 5.70 Å². The van der Waals surface area contributed by atoms with Crippen molar-refractivity contribution in [1.82, 2.24) is 0 Å². The normalized spacial score (nSPS) is 14.5. The Bertz CT molecular complexity index is 1200. The molecular weight excluding hydrogens is 388 g/mol. The van der Waals surface area contributed by atoms with Gasteiger partial charge < -0.3 is 13.9 Å². The van der Waals surface area contributed by atoms with E-state index in [-0.39, 0.29) is 23.0 Å². The number of aryl methyl sites for hydroxylation is 1. The van der Waals surface area contributed by atoms with Crippen LogP contribution >= 0.6 is 0 Å². The number of carbonyl (C=O) groups is 1. The molecule has 0 unspecified atom stereocenters. The number of esters is 1. The van der Waals surface area contributed by atoms with Gasteiger partial charge in [0.05, 0.1) is 23.7 Å². The first kappa shape index (κ1) is 19.1. The summed E-state index contributed by atoms with van der Waals surface area (Å²) in [7, 11) is 1.43. The van der Waals surface area contributed by atoms with Crippen molar-refractivity contribution < 1.29 is 23.6 Å². The first-order valence-electron chi connectivity index (χ1n) is 8.97. The molecule has 8 heteroatoms. The molecule has 0 radical (unpaired) electrons. The molecule has 3 aromatic rings. The Balaban J connectivity index is 1.65. The van der Waals surface area contributed by atoms with Gasteiger partial charge in [-0.25, -0.2) is 9.79 Å². The van der Waals surface area contributed by atoms with E-state index < -0.39 is 10.9 Å². The van der Waals surface area contributed by atoms with Crippen LogP contribution in [0.5, 0.6) is 5.75 Å². The fourth-order valence-corrected chi connectivity index (χ4v) is 2.94. The van der Waals surface area contributed by atoms with Gasteiger partial charge in [-0.15, -0.1) is 0 Å². The average Bonchev–Trinajstić information content (AvgIpc) is 3.35. The number of furan rings is 1. The van der Waals surface area contributed by atoms with Crippen molar-refractivity contribution in [2.75, 3.05) is 7.11 Å². The summed E-state index contributed by atoms with van der Waals surface area (Å²) >= 11 is 0. The molecule has 4 rings (SSSR count). The van der Waals surface area contributed by atoms with Crippen LogP contribution in [0.2, 0.25) is 0 Å². The van der Waals surface area contributed by atoms with Gasteiger partial charge in [0.25, 0.3) is 5.69 Å². The van der Waals surface area contributed by atoms with Crippen LogP contribution in [-0.2, 0) is 9.53 Å². The summed E-state index contributed by atoms with van der Waals surface area (Å²) in [5.74, 6) is 0.579. The summed E-state index contributed by atoms with van der Waals surface area (Å²) in [6.45, 7) is 1.96. The number of carbonyl (C=O) groups excluding carboxylic acids is 1. The highest BCUT2D eigenvalue weighted by molar-refractivity contribution is 6.12. The van der Waals surface area contributed by atoms with Gasteiger partial charge in [-0.1, -0.05) is 17.7 Å². The largest absolute Gasteiger partial charge is 0.497 e. The van der Waals surface area contributed by atoms with E-state index in [0.717, 1.165) is 5.56 Å². The van der Waals surface area contributed by atoms with Gasteiger partial charge in [-0.2, -0.15) is 0 Å². The zero-order valence-electron chi connectivity index (χ0n) is 16.1. The van der Waals surface area contributed by atoms with Gasteiger partial charge in [-0.05, 0) is 43.3 Å². The van der Waals surface area contributed by atoms with Crippen LogP contribution in [0.1, 0.15) is 16.9 Å². The molecule has 150 valence electrons. The van der Waals surface area contributed by atoms with Gasteiger partial charge in [0, 0.05) is 11.6 Å². The van der Waals surface area contributed by atoms with Crippen LogP contribution < -0.4 is 4.74 Å². The molecule has 1 aromatic heterocycles. The highest BCUT2D eigenvalue weighted by Crippen LogP contribution is 2.34. The zero-order valence-corrected chi connectivity index (χ0v) is 16.1. The second-order valence-corrected chi connectivity index (χ2v) is 6.54. The van der Waals surface area contributed by atoms with Gasteiger partial charge in [-0.3, -0.25) is 10.1 Å². The number of benzene rings is 2. The fraction of sp³-hybridized carbons (Fsp3) is 0.0909. The van der Waals surface area contributed by atoms with Crippen molar-refractivity contribution in [3.8, 4) is 17.1 Å². The summed E-state index contributed by atoms with van der Waals surface area (Å²) in [6.07, 6.45) is 1.43.